The van der Waals surface area contributed by atoms with Crippen molar-refractivity contribution in [2.24, 2.45) is 5.92 Å². The molecule has 1 aliphatic rings. The first-order chi connectivity index (χ1) is 15.7. The predicted molar refractivity (Wildman–Crippen MR) is 149 cm³/mol. The van der Waals surface area contributed by atoms with Gasteiger partial charge in [0.25, 0.3) is 0 Å². The van der Waals surface area contributed by atoms with Crippen LogP contribution in [0.4, 0.5) is 5.69 Å². The third kappa shape index (κ3) is 6.43. The van der Waals surface area contributed by atoms with Gasteiger partial charge in [-0.2, -0.15) is 0 Å². The number of ketones is 1. The highest BCUT2D eigenvalue weighted by atomic mass is 35.5. The van der Waals surface area contributed by atoms with Crippen molar-refractivity contribution in [2.75, 3.05) is 26.0 Å². The minimum absolute atomic E-state index is 0. The van der Waals surface area contributed by atoms with Gasteiger partial charge in [-0.25, -0.2) is 4.98 Å². The van der Waals surface area contributed by atoms with E-state index in [1.165, 1.54) is 12.8 Å². The normalized spacial score (nSPS) is 17.5. The number of pyridine rings is 2. The average Bonchev–Trinajstić information content (AvgIpc) is 2.77. The molecule has 8 heteroatoms. The average molecular weight is 520 g/mol. The number of benzene rings is 1. The van der Waals surface area contributed by atoms with Gasteiger partial charge < -0.3 is 15.3 Å². The van der Waals surface area contributed by atoms with Gasteiger partial charge in [-0.15, -0.1) is 24.8 Å². The zero-order valence-electron chi connectivity index (χ0n) is 21.1. The summed E-state index contributed by atoms with van der Waals surface area (Å²) in [6, 6.07) is 8.11. The number of aryl methyl sites for hydroxylation is 2. The number of hydrogen-bond donors (Lipinski definition) is 2. The van der Waals surface area contributed by atoms with E-state index < -0.39 is 0 Å². The Hall–Kier alpha value is -2.41. The second-order valence-corrected chi connectivity index (χ2v) is 9.75. The summed E-state index contributed by atoms with van der Waals surface area (Å²) >= 11 is 0. The molecule has 0 aliphatic heterocycles. The molecule has 190 valence electrons. The van der Waals surface area contributed by atoms with Gasteiger partial charge in [0.2, 0.25) is 0 Å². The quantitative estimate of drug-likeness (QED) is 0.378. The summed E-state index contributed by atoms with van der Waals surface area (Å²) in [4.78, 5) is 24.2. The van der Waals surface area contributed by atoms with Crippen LogP contribution < -0.4 is 5.32 Å². The molecule has 1 fully saturated rings. The summed E-state index contributed by atoms with van der Waals surface area (Å²) in [6.07, 6.45) is 6.18. The number of carbonyl (C=O) groups excluding carboxylic acids is 1. The molecular weight excluding hydrogens is 483 g/mol. The second-order valence-electron chi connectivity index (χ2n) is 9.75. The summed E-state index contributed by atoms with van der Waals surface area (Å²) in [5, 5.41) is 13.8. The van der Waals surface area contributed by atoms with E-state index in [0.717, 1.165) is 64.4 Å². The van der Waals surface area contributed by atoms with Gasteiger partial charge in [0, 0.05) is 24.3 Å². The van der Waals surface area contributed by atoms with E-state index in [0.29, 0.717) is 17.4 Å². The highest BCUT2D eigenvalue weighted by Crippen LogP contribution is 2.34. The van der Waals surface area contributed by atoms with E-state index in [1.807, 2.05) is 38.1 Å². The van der Waals surface area contributed by atoms with Crippen LogP contribution in [0.15, 0.2) is 30.5 Å². The summed E-state index contributed by atoms with van der Waals surface area (Å²) in [6.45, 7) is 6.49. The number of rotatable bonds is 6. The van der Waals surface area contributed by atoms with Crippen LogP contribution >= 0.6 is 24.8 Å². The molecule has 2 heterocycles. The van der Waals surface area contributed by atoms with Crippen LogP contribution in [-0.4, -0.2) is 52.4 Å². The van der Waals surface area contributed by atoms with Crippen molar-refractivity contribution in [1.29, 1.82) is 0 Å². The molecule has 0 radical (unpaired) electrons. The Labute approximate surface area is 220 Å². The lowest BCUT2D eigenvalue weighted by Crippen LogP contribution is -2.31. The number of nitrogens with one attached hydrogen (secondary N) is 1. The number of Topliss-reactive ketones (excluding diaryl/α,β-unsaturated/α-hetero) is 1. The molecule has 1 aromatic carbocycles. The maximum atomic E-state index is 12.5. The van der Waals surface area contributed by atoms with Crippen LogP contribution in [0.5, 0.6) is 5.75 Å². The largest absolute Gasteiger partial charge is 0.507 e. The Balaban J connectivity index is 0.00000216. The monoisotopic (exact) mass is 518 g/mol. The lowest BCUT2D eigenvalue weighted by molar-refractivity contribution is 0.101. The minimum atomic E-state index is -0.0169. The summed E-state index contributed by atoms with van der Waals surface area (Å²) in [5.41, 5.74) is 6.23. The fourth-order valence-corrected chi connectivity index (χ4v) is 4.95. The summed E-state index contributed by atoms with van der Waals surface area (Å²) in [7, 11) is 4.26. The standard InChI is InChI=1S/C27H34N4O2.2ClH/c1-16-12-20(13-17(2)27(16)33)23-10-11-24-26(30-23)25(22(14-28-24)18(3)32)29-21-8-6-19(7-9-21)15-31(4)5;;/h10-14,19,21,33H,6-9,15H2,1-5H3,(H,28,29);2*1H/t19-,21-;;. The van der Waals surface area contributed by atoms with E-state index in [4.69, 9.17) is 4.98 Å². The van der Waals surface area contributed by atoms with Gasteiger partial charge in [0.15, 0.2) is 5.78 Å². The van der Waals surface area contributed by atoms with Crippen LogP contribution in [0.25, 0.3) is 22.3 Å². The number of phenolic OH excluding ortho intramolecular Hbond substituents is 1. The first kappa shape index (κ1) is 28.8. The number of phenols is 1. The van der Waals surface area contributed by atoms with E-state index in [1.54, 1.807) is 13.1 Å². The Morgan fingerprint density at radius 1 is 1.09 bits per heavy atom. The lowest BCUT2D eigenvalue weighted by atomic mass is 9.85. The predicted octanol–water partition coefficient (Wildman–Crippen LogP) is 6.20. The van der Waals surface area contributed by atoms with Gasteiger partial charge in [0.1, 0.15) is 11.3 Å². The van der Waals surface area contributed by atoms with Crippen LogP contribution in [0.3, 0.4) is 0 Å². The number of anilines is 1. The second kappa shape index (κ2) is 12.0. The highest BCUT2D eigenvalue weighted by Gasteiger charge is 2.24. The lowest BCUT2D eigenvalue weighted by Gasteiger charge is -2.31. The molecule has 0 spiro atoms. The van der Waals surface area contributed by atoms with Crippen LogP contribution in [0, 0.1) is 19.8 Å². The molecule has 0 unspecified atom stereocenters. The fraction of sp³-hybridized carbons (Fsp3) is 0.444. The fourth-order valence-electron chi connectivity index (χ4n) is 4.95. The van der Waals surface area contributed by atoms with Crippen molar-refractivity contribution >= 4 is 47.3 Å². The molecule has 0 amide bonds. The van der Waals surface area contributed by atoms with Crippen LogP contribution in [-0.2, 0) is 0 Å². The third-order valence-electron chi connectivity index (χ3n) is 6.70. The maximum Gasteiger partial charge on any atom is 0.163 e. The molecule has 6 nitrogen and oxygen atoms in total. The number of aromatic nitrogens is 2. The third-order valence-corrected chi connectivity index (χ3v) is 6.70. The molecular formula is C27H36Cl2N4O2. The number of fused-ring (bicyclic) bond motifs is 1. The molecule has 3 aromatic rings. The summed E-state index contributed by atoms with van der Waals surface area (Å²) < 4.78 is 0. The number of hydrogen-bond acceptors (Lipinski definition) is 6. The van der Waals surface area contributed by atoms with Crippen LogP contribution in [0.2, 0.25) is 0 Å². The SMILES string of the molecule is CC(=O)c1cnc2ccc(-c3cc(C)c(O)c(C)c3)nc2c1N[C@H]1CC[C@H](CN(C)C)CC1.Cl.Cl. The number of halogens is 2. The van der Waals surface area contributed by atoms with E-state index >= 15 is 0 Å². The Bertz CT molecular complexity index is 1170. The highest BCUT2D eigenvalue weighted by molar-refractivity contribution is 6.06. The first-order valence-corrected chi connectivity index (χ1v) is 11.8. The zero-order chi connectivity index (χ0) is 23.7. The van der Waals surface area contributed by atoms with E-state index in [2.05, 4.69) is 29.3 Å². The molecule has 0 bridgehead atoms. The van der Waals surface area contributed by atoms with E-state index in [9.17, 15) is 9.90 Å². The molecule has 2 aromatic heterocycles. The molecule has 2 N–H and O–H groups in total. The van der Waals surface area contributed by atoms with Gasteiger partial charge in [0.05, 0.1) is 22.5 Å². The van der Waals surface area contributed by atoms with Crippen molar-refractivity contribution in [3.05, 3.63) is 47.2 Å². The first-order valence-electron chi connectivity index (χ1n) is 11.8. The molecule has 1 saturated carbocycles. The van der Waals surface area contributed by atoms with Crippen molar-refractivity contribution in [1.82, 2.24) is 14.9 Å². The van der Waals surface area contributed by atoms with Crippen molar-refractivity contribution in [3.63, 3.8) is 0 Å². The molecule has 0 atom stereocenters. The number of carbonyl (C=O) groups is 1. The zero-order valence-corrected chi connectivity index (χ0v) is 22.7. The topological polar surface area (TPSA) is 78.3 Å². The molecule has 1 aliphatic carbocycles. The van der Waals surface area contributed by atoms with Crippen molar-refractivity contribution in [3.8, 4) is 17.0 Å². The van der Waals surface area contributed by atoms with Gasteiger partial charge >= 0.3 is 0 Å². The Morgan fingerprint density at radius 2 is 1.71 bits per heavy atom. The number of nitrogens with zero attached hydrogens (tertiary/aromatic N) is 3. The molecule has 4 rings (SSSR count). The summed E-state index contributed by atoms with van der Waals surface area (Å²) in [5.74, 6) is 1.02. The van der Waals surface area contributed by atoms with Crippen LogP contribution in [0.1, 0.15) is 54.1 Å². The maximum absolute atomic E-state index is 12.5. The van der Waals surface area contributed by atoms with Crippen molar-refractivity contribution in [2.45, 2.75) is 52.5 Å². The Kier molecular flexibility index (Phi) is 9.90. The minimum Gasteiger partial charge on any atom is -0.507 e. The number of aromatic hydroxyl groups is 1. The van der Waals surface area contributed by atoms with Gasteiger partial charge in [-0.3, -0.25) is 9.78 Å². The van der Waals surface area contributed by atoms with Crippen molar-refractivity contribution < 1.29 is 9.90 Å². The van der Waals surface area contributed by atoms with Gasteiger partial charge in [-0.05, 0) is 102 Å². The van der Waals surface area contributed by atoms with E-state index in [-0.39, 0.29) is 30.6 Å². The smallest absolute Gasteiger partial charge is 0.163 e. The Morgan fingerprint density at radius 3 is 2.29 bits per heavy atom. The van der Waals surface area contributed by atoms with Gasteiger partial charge in [-0.1, -0.05) is 0 Å². The molecule has 35 heavy (non-hydrogen) atoms. The molecule has 0 saturated heterocycles.